The first-order valence-corrected chi connectivity index (χ1v) is 5.05. The van der Waals surface area contributed by atoms with Gasteiger partial charge in [0.2, 0.25) is 0 Å². The highest BCUT2D eigenvalue weighted by Gasteiger charge is 2.09. The van der Waals surface area contributed by atoms with E-state index in [1.165, 1.54) is 7.11 Å². The highest BCUT2D eigenvalue weighted by Crippen LogP contribution is 2.35. The van der Waals surface area contributed by atoms with Crippen LogP contribution >= 0.6 is 23.2 Å². The van der Waals surface area contributed by atoms with Gasteiger partial charge in [-0.15, -0.1) is 11.6 Å². The number of rotatable bonds is 3. The van der Waals surface area contributed by atoms with Crippen LogP contribution in [0.15, 0.2) is 12.1 Å². The summed E-state index contributed by atoms with van der Waals surface area (Å²) < 4.78 is 4.97. The van der Waals surface area contributed by atoms with Crippen LogP contribution in [-0.2, 0) is 6.42 Å². The zero-order chi connectivity index (χ0) is 10.7. The lowest BCUT2D eigenvalue weighted by molar-refractivity contribution is 0.373. The molecule has 78 valence electrons. The molecule has 0 aliphatic heterocycles. The fraction of sp³-hybridized carbons (Fsp3) is 0.400. The van der Waals surface area contributed by atoms with Crippen molar-refractivity contribution >= 4 is 23.2 Å². The summed E-state index contributed by atoms with van der Waals surface area (Å²) in [7, 11) is 1.49. The van der Waals surface area contributed by atoms with E-state index >= 15 is 0 Å². The van der Waals surface area contributed by atoms with E-state index in [0.717, 1.165) is 5.56 Å². The van der Waals surface area contributed by atoms with Crippen molar-refractivity contribution in [1.29, 1.82) is 0 Å². The Bertz CT molecular complexity index is 324. The number of hydrogen-bond acceptors (Lipinski definition) is 2. The highest BCUT2D eigenvalue weighted by atomic mass is 35.5. The molecular formula is C10H12Cl2O2. The van der Waals surface area contributed by atoms with Crippen molar-refractivity contribution in [2.45, 2.75) is 18.7 Å². The summed E-state index contributed by atoms with van der Waals surface area (Å²) in [5.41, 5.74) is 0.951. The molecule has 2 nitrogen and oxygen atoms in total. The van der Waals surface area contributed by atoms with Crippen LogP contribution in [0.2, 0.25) is 5.02 Å². The van der Waals surface area contributed by atoms with Gasteiger partial charge in [0.05, 0.1) is 12.1 Å². The summed E-state index contributed by atoms with van der Waals surface area (Å²) in [4.78, 5) is 0. The van der Waals surface area contributed by atoms with Gasteiger partial charge in [0.15, 0.2) is 11.5 Å². The van der Waals surface area contributed by atoms with Crippen molar-refractivity contribution in [3.63, 3.8) is 0 Å². The number of benzene rings is 1. The van der Waals surface area contributed by atoms with Crippen LogP contribution in [0.4, 0.5) is 0 Å². The number of phenols is 1. The van der Waals surface area contributed by atoms with Crippen LogP contribution in [0.25, 0.3) is 0 Å². The van der Waals surface area contributed by atoms with Crippen LogP contribution in [0, 0.1) is 0 Å². The standard InChI is InChI=1S/C10H12Cl2O2/c1-6(11)3-7-4-8(12)10(13)9(5-7)14-2/h4-6,13H,3H2,1-2H3. The molecule has 1 aromatic rings. The minimum Gasteiger partial charge on any atom is -0.503 e. The largest absolute Gasteiger partial charge is 0.503 e. The minimum atomic E-state index is -0.0276. The first-order valence-electron chi connectivity index (χ1n) is 4.24. The molecule has 1 atom stereocenters. The Hall–Kier alpha value is -0.600. The summed E-state index contributed by atoms with van der Waals surface area (Å²) >= 11 is 11.7. The molecule has 0 fully saturated rings. The first kappa shape index (κ1) is 11.5. The Morgan fingerprint density at radius 1 is 1.50 bits per heavy atom. The Kier molecular flexibility index (Phi) is 3.90. The van der Waals surface area contributed by atoms with Crippen molar-refractivity contribution in [1.82, 2.24) is 0 Å². The van der Waals surface area contributed by atoms with Crippen LogP contribution in [-0.4, -0.2) is 17.6 Å². The van der Waals surface area contributed by atoms with Gasteiger partial charge in [0, 0.05) is 5.38 Å². The number of hydrogen-bond donors (Lipinski definition) is 1. The number of methoxy groups -OCH3 is 1. The van der Waals surface area contributed by atoms with Crippen molar-refractivity contribution in [2.24, 2.45) is 0 Å². The number of halogens is 2. The number of ether oxygens (including phenoxy) is 1. The smallest absolute Gasteiger partial charge is 0.176 e. The molecule has 0 aromatic heterocycles. The Morgan fingerprint density at radius 2 is 2.14 bits per heavy atom. The van der Waals surface area contributed by atoms with E-state index in [1.807, 2.05) is 6.92 Å². The molecule has 0 spiro atoms. The normalized spacial score (nSPS) is 12.6. The van der Waals surface area contributed by atoms with Crippen molar-refractivity contribution in [3.05, 3.63) is 22.7 Å². The molecule has 14 heavy (non-hydrogen) atoms. The Balaban J connectivity index is 3.03. The third-order valence-electron chi connectivity index (χ3n) is 1.83. The predicted molar refractivity (Wildman–Crippen MR) is 58.7 cm³/mol. The SMILES string of the molecule is COc1cc(CC(C)Cl)cc(Cl)c1O. The van der Waals surface area contributed by atoms with E-state index in [4.69, 9.17) is 27.9 Å². The lowest BCUT2D eigenvalue weighted by atomic mass is 10.1. The summed E-state index contributed by atoms with van der Waals surface area (Å²) in [6, 6.07) is 3.43. The molecule has 0 amide bonds. The third kappa shape index (κ3) is 2.69. The average molecular weight is 235 g/mol. The molecule has 1 unspecified atom stereocenters. The van der Waals surface area contributed by atoms with Crippen LogP contribution < -0.4 is 4.74 Å². The maximum Gasteiger partial charge on any atom is 0.176 e. The Labute approximate surface area is 93.4 Å². The van der Waals surface area contributed by atoms with Gasteiger partial charge in [-0.05, 0) is 31.0 Å². The van der Waals surface area contributed by atoms with E-state index < -0.39 is 0 Å². The van der Waals surface area contributed by atoms with Gasteiger partial charge in [0.1, 0.15) is 0 Å². The van der Waals surface area contributed by atoms with Gasteiger partial charge in [-0.3, -0.25) is 0 Å². The van der Waals surface area contributed by atoms with Gasteiger partial charge in [-0.2, -0.15) is 0 Å². The zero-order valence-electron chi connectivity index (χ0n) is 8.05. The van der Waals surface area contributed by atoms with Gasteiger partial charge in [0.25, 0.3) is 0 Å². The molecule has 0 saturated carbocycles. The van der Waals surface area contributed by atoms with E-state index in [1.54, 1.807) is 12.1 Å². The minimum absolute atomic E-state index is 0.0276. The summed E-state index contributed by atoms with van der Waals surface area (Å²) in [5.74, 6) is 0.352. The Morgan fingerprint density at radius 3 is 2.64 bits per heavy atom. The van der Waals surface area contributed by atoms with E-state index in [9.17, 15) is 5.11 Å². The number of alkyl halides is 1. The molecular weight excluding hydrogens is 223 g/mol. The monoisotopic (exact) mass is 234 g/mol. The molecule has 1 rings (SSSR count). The van der Waals surface area contributed by atoms with Gasteiger partial charge in [-0.1, -0.05) is 11.6 Å². The second-order valence-electron chi connectivity index (χ2n) is 3.11. The molecule has 4 heteroatoms. The lowest BCUT2D eigenvalue weighted by Gasteiger charge is -2.09. The molecule has 0 saturated heterocycles. The molecule has 0 aliphatic rings. The maximum absolute atomic E-state index is 9.47. The van der Waals surface area contributed by atoms with Crippen LogP contribution in [0.1, 0.15) is 12.5 Å². The van der Waals surface area contributed by atoms with Crippen LogP contribution in [0.5, 0.6) is 11.5 Å². The number of aromatic hydroxyl groups is 1. The van der Waals surface area contributed by atoms with E-state index in [0.29, 0.717) is 12.2 Å². The molecule has 1 aromatic carbocycles. The van der Waals surface area contributed by atoms with Crippen molar-refractivity contribution in [3.8, 4) is 11.5 Å². The maximum atomic E-state index is 9.47. The zero-order valence-corrected chi connectivity index (χ0v) is 9.56. The van der Waals surface area contributed by atoms with Crippen molar-refractivity contribution < 1.29 is 9.84 Å². The summed E-state index contributed by atoms with van der Waals surface area (Å²) in [5, 5.41) is 9.78. The van der Waals surface area contributed by atoms with Gasteiger partial charge >= 0.3 is 0 Å². The fourth-order valence-corrected chi connectivity index (χ4v) is 1.64. The molecule has 0 bridgehead atoms. The second-order valence-corrected chi connectivity index (χ2v) is 4.27. The topological polar surface area (TPSA) is 29.5 Å². The van der Waals surface area contributed by atoms with Crippen molar-refractivity contribution in [2.75, 3.05) is 7.11 Å². The third-order valence-corrected chi connectivity index (χ3v) is 2.27. The highest BCUT2D eigenvalue weighted by molar-refractivity contribution is 6.32. The van der Waals surface area contributed by atoms with Gasteiger partial charge in [-0.25, -0.2) is 0 Å². The van der Waals surface area contributed by atoms with Gasteiger partial charge < -0.3 is 9.84 Å². The quantitative estimate of drug-likeness (QED) is 0.815. The summed E-state index contributed by atoms with van der Waals surface area (Å²) in [6.45, 7) is 1.90. The second kappa shape index (κ2) is 4.76. The summed E-state index contributed by atoms with van der Waals surface area (Å²) in [6.07, 6.45) is 0.692. The molecule has 1 N–H and O–H groups in total. The average Bonchev–Trinajstić information content (AvgIpc) is 2.10. The first-order chi connectivity index (χ1) is 6.54. The van der Waals surface area contributed by atoms with E-state index in [-0.39, 0.29) is 16.1 Å². The molecule has 0 radical (unpaired) electrons. The predicted octanol–water partition coefficient (Wildman–Crippen LogP) is 3.22. The number of phenolic OH excluding ortho intramolecular Hbond substituents is 1. The van der Waals surface area contributed by atoms with Crippen LogP contribution in [0.3, 0.4) is 0 Å². The molecule has 0 aliphatic carbocycles. The lowest BCUT2D eigenvalue weighted by Crippen LogP contribution is -1.97. The molecule has 0 heterocycles. The fourth-order valence-electron chi connectivity index (χ4n) is 1.23. The van der Waals surface area contributed by atoms with E-state index in [2.05, 4.69) is 0 Å².